The van der Waals surface area contributed by atoms with Crippen LogP contribution in [-0.2, 0) is 19.7 Å². The maximum Gasteiger partial charge on any atom is 0.371 e. The van der Waals surface area contributed by atoms with Crippen molar-refractivity contribution in [3.8, 4) is 5.75 Å². The van der Waals surface area contributed by atoms with Crippen LogP contribution in [0.4, 0.5) is 5.95 Å². The molecule has 0 bridgehead atoms. The minimum atomic E-state index is -4.75. The number of ketones is 1. The smallest absolute Gasteiger partial charge is 0.371 e. The van der Waals surface area contributed by atoms with Crippen molar-refractivity contribution in [3.05, 3.63) is 71.7 Å². The van der Waals surface area contributed by atoms with Crippen LogP contribution < -0.4 is 10.5 Å². The van der Waals surface area contributed by atoms with E-state index in [4.69, 9.17) is 14.9 Å². The predicted octanol–water partition coefficient (Wildman–Crippen LogP) is 4.03. The van der Waals surface area contributed by atoms with Crippen molar-refractivity contribution in [2.45, 2.75) is 68.5 Å². The highest BCUT2D eigenvalue weighted by Crippen LogP contribution is 2.32. The second-order valence-electron chi connectivity index (χ2n) is 11.5. The number of carbonyl (C=O) groups excluding carboxylic acids is 2. The van der Waals surface area contributed by atoms with Gasteiger partial charge in [0.2, 0.25) is 23.4 Å². The number of likely N-dealkylation sites (tertiary alicyclic amines) is 1. The van der Waals surface area contributed by atoms with Gasteiger partial charge in [-0.3, -0.25) is 14.1 Å². The number of imidazole rings is 1. The summed E-state index contributed by atoms with van der Waals surface area (Å²) >= 11 is 0. The van der Waals surface area contributed by atoms with Gasteiger partial charge in [-0.15, -0.1) is 0 Å². The minimum absolute atomic E-state index is 0.0387. The average Bonchev–Trinajstić information content (AvgIpc) is 3.77. The summed E-state index contributed by atoms with van der Waals surface area (Å²) in [5.41, 5.74) is 5.93. The van der Waals surface area contributed by atoms with Crippen molar-refractivity contribution < 1.29 is 51.5 Å². The van der Waals surface area contributed by atoms with Gasteiger partial charge in [0.25, 0.3) is 10.1 Å². The monoisotopic (exact) mass is 682 g/mol. The fraction of sp³-hybridized carbons (Fsp3) is 0.344. The molecule has 1 saturated heterocycles. The number of hydrogen-bond acceptors (Lipinski definition) is 10. The van der Waals surface area contributed by atoms with E-state index in [2.05, 4.69) is 4.98 Å². The fourth-order valence-electron chi connectivity index (χ4n) is 5.87. The number of anilines is 1. The van der Waals surface area contributed by atoms with Crippen LogP contribution in [0.2, 0.25) is 0 Å². The summed E-state index contributed by atoms with van der Waals surface area (Å²) in [6.45, 7) is 1.93. The van der Waals surface area contributed by atoms with Gasteiger partial charge in [-0.25, -0.2) is 14.6 Å². The maximum atomic E-state index is 14.2. The summed E-state index contributed by atoms with van der Waals surface area (Å²) in [6, 6.07) is 8.74. The lowest BCUT2D eigenvalue weighted by Crippen LogP contribution is -2.44. The summed E-state index contributed by atoms with van der Waals surface area (Å²) in [5.74, 6) is -4.05. The lowest BCUT2D eigenvalue weighted by molar-refractivity contribution is -0.149. The molecule has 5 N–H and O–H groups in total. The largest absolute Gasteiger partial charge is 0.488 e. The highest BCUT2D eigenvalue weighted by molar-refractivity contribution is 7.86. The van der Waals surface area contributed by atoms with Gasteiger partial charge in [0.15, 0.2) is 0 Å². The molecule has 2 aromatic carbocycles. The lowest BCUT2D eigenvalue weighted by Gasteiger charge is -2.28. The van der Waals surface area contributed by atoms with Crippen LogP contribution in [0.15, 0.2) is 64.0 Å². The number of nitrogens with two attached hydrogens (primary N) is 1. The Hall–Kier alpha value is -5.22. The highest BCUT2D eigenvalue weighted by atomic mass is 32.2. The van der Waals surface area contributed by atoms with Gasteiger partial charge in [0, 0.05) is 23.6 Å². The number of carbonyl (C=O) groups is 4. The molecule has 1 fully saturated rings. The van der Waals surface area contributed by atoms with E-state index >= 15 is 0 Å². The van der Waals surface area contributed by atoms with Crippen LogP contribution in [0, 0.1) is 0 Å². The van der Waals surface area contributed by atoms with Gasteiger partial charge < -0.3 is 34.6 Å². The molecule has 1 aliphatic rings. The molecular formula is C32H34N4O11S. The number of hydrogen-bond donors (Lipinski definition) is 4. The normalized spacial score (nSPS) is 17.0. The Labute approximate surface area is 274 Å². The molecular weight excluding hydrogens is 648 g/mol. The maximum absolute atomic E-state index is 14.2. The van der Waals surface area contributed by atoms with E-state index in [1.807, 2.05) is 6.92 Å². The number of amides is 1. The Morgan fingerprint density at radius 3 is 2.52 bits per heavy atom. The minimum Gasteiger partial charge on any atom is -0.488 e. The van der Waals surface area contributed by atoms with E-state index in [-0.39, 0.29) is 42.4 Å². The molecule has 0 saturated carbocycles. The van der Waals surface area contributed by atoms with Crippen LogP contribution >= 0.6 is 0 Å². The molecule has 48 heavy (non-hydrogen) atoms. The van der Waals surface area contributed by atoms with E-state index in [0.29, 0.717) is 23.1 Å². The van der Waals surface area contributed by atoms with Crippen LogP contribution in [0.5, 0.6) is 5.75 Å². The quantitative estimate of drug-likeness (QED) is 0.0837. The molecule has 254 valence electrons. The lowest BCUT2D eigenvalue weighted by atomic mass is 10.0. The Morgan fingerprint density at radius 1 is 1.08 bits per heavy atom. The highest BCUT2D eigenvalue weighted by Gasteiger charge is 2.43. The molecule has 4 aromatic rings. The van der Waals surface area contributed by atoms with E-state index < -0.39 is 56.8 Å². The Balaban J connectivity index is 1.42. The van der Waals surface area contributed by atoms with Crippen molar-refractivity contribution in [2.24, 2.45) is 0 Å². The van der Waals surface area contributed by atoms with Gasteiger partial charge in [0.05, 0.1) is 6.54 Å². The fourth-order valence-corrected chi connectivity index (χ4v) is 6.56. The number of carboxylic acids is 2. The Bertz CT molecular complexity index is 1980. The second-order valence-corrected chi connectivity index (χ2v) is 12.9. The van der Waals surface area contributed by atoms with Crippen molar-refractivity contribution in [1.82, 2.24) is 14.5 Å². The third kappa shape index (κ3) is 7.18. The van der Waals surface area contributed by atoms with E-state index in [0.717, 1.165) is 25.3 Å². The molecule has 15 nitrogen and oxygen atoms in total. The number of aliphatic carboxylic acids is 1. The first kappa shape index (κ1) is 34.1. The number of aromatic carboxylic acids is 1. The summed E-state index contributed by atoms with van der Waals surface area (Å²) in [7, 11) is -4.75. The molecule has 1 unspecified atom stereocenters. The van der Waals surface area contributed by atoms with Gasteiger partial charge >= 0.3 is 11.9 Å². The molecule has 1 amide bonds. The molecule has 0 aliphatic carbocycles. The number of carboxylic acid groups (broad SMARTS) is 2. The van der Waals surface area contributed by atoms with Crippen LogP contribution in [-0.4, -0.2) is 80.0 Å². The number of nitrogen functional groups attached to an aromatic ring is 1. The summed E-state index contributed by atoms with van der Waals surface area (Å²) in [4.78, 5) is 55.9. The van der Waals surface area contributed by atoms with Crippen molar-refractivity contribution in [1.29, 1.82) is 0 Å². The first-order chi connectivity index (χ1) is 22.8. The number of ether oxygens (including phenoxy) is 1. The Kier molecular flexibility index (Phi) is 9.86. The average molecular weight is 683 g/mol. The molecule has 0 radical (unpaired) electrons. The molecule has 2 aromatic heterocycles. The zero-order valence-electron chi connectivity index (χ0n) is 25.8. The molecule has 3 heterocycles. The van der Waals surface area contributed by atoms with Crippen LogP contribution in [0.1, 0.15) is 78.1 Å². The van der Waals surface area contributed by atoms with Crippen LogP contribution in [0.25, 0.3) is 11.0 Å². The molecule has 5 rings (SSSR count). The second kappa shape index (κ2) is 13.9. The molecule has 1 aliphatic heterocycles. The topological polar surface area (TPSA) is 233 Å². The summed E-state index contributed by atoms with van der Waals surface area (Å²) in [6.07, 6.45) is 3.87. The van der Waals surface area contributed by atoms with E-state index in [1.165, 1.54) is 46.0 Å². The van der Waals surface area contributed by atoms with Crippen molar-refractivity contribution in [2.75, 3.05) is 12.3 Å². The number of unbranched alkanes of at least 4 members (excludes halogenated alkanes) is 3. The number of benzene rings is 2. The SMILES string of the molecule is CCCCCCC(C(=O)N1C[C@@H](Oc2ccc3oc(C(=O)O)cc3c2)C[C@H]1C(=O)O)n1cc(C(=O)c2ccccc2S(=O)(=O)O)nc1N. The number of fused-ring (bicyclic) bond motifs is 1. The van der Waals surface area contributed by atoms with Crippen molar-refractivity contribution in [3.63, 3.8) is 0 Å². The van der Waals surface area contributed by atoms with Crippen molar-refractivity contribution >= 4 is 50.7 Å². The third-order valence-corrected chi connectivity index (χ3v) is 9.10. The zero-order chi connectivity index (χ0) is 34.7. The molecule has 3 atom stereocenters. The predicted molar refractivity (Wildman–Crippen MR) is 169 cm³/mol. The first-order valence-electron chi connectivity index (χ1n) is 15.2. The van der Waals surface area contributed by atoms with Gasteiger partial charge in [-0.2, -0.15) is 8.42 Å². The summed E-state index contributed by atoms with van der Waals surface area (Å²) < 4.78 is 46.1. The van der Waals surface area contributed by atoms with E-state index in [9.17, 15) is 42.4 Å². The standard InChI is InChI=1S/C32H34N4O11S/c1-2-3-4-5-9-23(36-17-22(34-32(36)33)28(37)21-8-6-7-10-27(21)48(43,44)45)29(38)35-16-20(15-24(35)30(39)40)46-19-11-12-25-18(13-19)14-26(47-25)31(41)42/h6-8,10-14,17,20,23-24H,2-5,9,15-16H2,1H3,(H2,33,34)(H,39,40)(H,41,42)(H,43,44,45)/t20-,23?,24-/m0/s1. The van der Waals surface area contributed by atoms with Crippen LogP contribution in [0.3, 0.4) is 0 Å². The van der Waals surface area contributed by atoms with Gasteiger partial charge in [-0.05, 0) is 42.8 Å². The van der Waals surface area contributed by atoms with E-state index in [1.54, 1.807) is 12.1 Å². The summed E-state index contributed by atoms with van der Waals surface area (Å²) in [5, 5.41) is 19.8. The number of aromatic nitrogens is 2. The number of nitrogens with zero attached hydrogens (tertiary/aromatic N) is 3. The number of rotatable bonds is 14. The Morgan fingerprint density at radius 2 is 1.83 bits per heavy atom. The molecule has 16 heteroatoms. The first-order valence-corrected chi connectivity index (χ1v) is 16.6. The molecule has 0 spiro atoms. The van der Waals surface area contributed by atoms with Gasteiger partial charge in [-0.1, -0.05) is 44.7 Å². The zero-order valence-corrected chi connectivity index (χ0v) is 26.6. The number of furan rings is 1. The van der Waals surface area contributed by atoms with Gasteiger partial charge in [0.1, 0.15) is 40.1 Å². The third-order valence-electron chi connectivity index (χ3n) is 8.19.